The summed E-state index contributed by atoms with van der Waals surface area (Å²) in [4.78, 5) is 29.9. The number of amides is 1. The molecule has 1 N–H and O–H groups in total. The minimum absolute atomic E-state index is 0.0742. The van der Waals surface area contributed by atoms with Gasteiger partial charge in [0.1, 0.15) is 12.4 Å². The molecule has 0 bridgehead atoms. The van der Waals surface area contributed by atoms with E-state index in [1.54, 1.807) is 29.2 Å². The largest absolute Gasteiger partial charge is 0.351 e. The first-order valence-electron chi connectivity index (χ1n) is 10.2. The molecule has 0 radical (unpaired) electrons. The molecule has 1 amide bonds. The van der Waals surface area contributed by atoms with Gasteiger partial charge < -0.3 is 9.88 Å². The number of carbonyl (C=O) groups excluding carboxylic acids is 2. The Morgan fingerprint density at radius 1 is 1.03 bits per heavy atom. The van der Waals surface area contributed by atoms with E-state index in [1.807, 2.05) is 12.1 Å². The van der Waals surface area contributed by atoms with Crippen molar-refractivity contribution in [3.05, 3.63) is 101 Å². The van der Waals surface area contributed by atoms with Crippen LogP contribution in [0.1, 0.15) is 27.0 Å². The van der Waals surface area contributed by atoms with Crippen LogP contribution < -0.4 is 5.32 Å². The van der Waals surface area contributed by atoms with Crippen molar-refractivity contribution in [3.63, 3.8) is 0 Å². The van der Waals surface area contributed by atoms with E-state index in [1.165, 1.54) is 35.4 Å². The highest BCUT2D eigenvalue weighted by Gasteiger charge is 2.23. The van der Waals surface area contributed by atoms with Crippen LogP contribution in [-0.4, -0.2) is 27.3 Å². The molecular weight excluding hydrogens is 393 g/mol. The van der Waals surface area contributed by atoms with E-state index in [0.717, 1.165) is 12.8 Å². The van der Waals surface area contributed by atoms with E-state index >= 15 is 0 Å². The molecule has 0 atom stereocenters. The SMILES string of the molecule is O=C(Cn1cc(C(=O)c2ccc(F)cc2)c2ccncc21)NC1Cc2ccccc2C1. The number of hydrogen-bond donors (Lipinski definition) is 1. The van der Waals surface area contributed by atoms with Gasteiger partial charge in [0.15, 0.2) is 5.78 Å². The molecule has 1 aliphatic rings. The van der Waals surface area contributed by atoms with Gasteiger partial charge in [0.2, 0.25) is 5.91 Å². The van der Waals surface area contributed by atoms with Gasteiger partial charge in [0.05, 0.1) is 11.7 Å². The number of benzene rings is 2. The number of nitrogens with one attached hydrogen (secondary N) is 1. The zero-order chi connectivity index (χ0) is 21.4. The molecule has 0 fully saturated rings. The summed E-state index contributed by atoms with van der Waals surface area (Å²) in [5.74, 6) is -0.727. The standard InChI is InChI=1S/C25H20FN3O2/c26-19-7-5-16(6-8-19)25(31)22-14-29(23-13-27-10-9-21(22)23)15-24(30)28-20-11-17-3-1-2-4-18(17)12-20/h1-10,13-14,20H,11-12,15H2,(H,28,30). The highest BCUT2D eigenvalue weighted by Crippen LogP contribution is 2.24. The van der Waals surface area contributed by atoms with Crippen molar-refractivity contribution in [2.24, 2.45) is 0 Å². The van der Waals surface area contributed by atoms with Gasteiger partial charge in [0.25, 0.3) is 0 Å². The molecular formula is C25H20FN3O2. The molecule has 5 nitrogen and oxygen atoms in total. The van der Waals surface area contributed by atoms with Gasteiger partial charge in [-0.3, -0.25) is 14.6 Å². The van der Waals surface area contributed by atoms with Crippen LogP contribution >= 0.6 is 0 Å². The van der Waals surface area contributed by atoms with Crippen molar-refractivity contribution in [2.75, 3.05) is 0 Å². The Bertz CT molecular complexity index is 1270. The van der Waals surface area contributed by atoms with Crippen molar-refractivity contribution in [1.82, 2.24) is 14.9 Å². The van der Waals surface area contributed by atoms with Crippen molar-refractivity contribution < 1.29 is 14.0 Å². The number of ketones is 1. The normalized spacial score (nSPS) is 13.3. The van der Waals surface area contributed by atoms with E-state index in [-0.39, 0.29) is 24.3 Å². The number of fused-ring (bicyclic) bond motifs is 2. The zero-order valence-electron chi connectivity index (χ0n) is 16.7. The predicted molar refractivity (Wildman–Crippen MR) is 115 cm³/mol. The van der Waals surface area contributed by atoms with Crippen LogP contribution in [0.2, 0.25) is 0 Å². The van der Waals surface area contributed by atoms with E-state index in [9.17, 15) is 14.0 Å². The maximum absolute atomic E-state index is 13.2. The Kier molecular flexibility index (Phi) is 4.82. The Balaban J connectivity index is 1.37. The second kappa shape index (κ2) is 7.80. The minimum atomic E-state index is -0.395. The third-order valence-electron chi connectivity index (χ3n) is 5.77. The van der Waals surface area contributed by atoms with Crippen LogP contribution in [0.3, 0.4) is 0 Å². The van der Waals surface area contributed by atoms with Gasteiger partial charge in [-0.25, -0.2) is 4.39 Å². The van der Waals surface area contributed by atoms with Crippen LogP contribution in [0.4, 0.5) is 4.39 Å². The van der Waals surface area contributed by atoms with Crippen molar-refractivity contribution in [2.45, 2.75) is 25.4 Å². The summed E-state index contributed by atoms with van der Waals surface area (Å²) >= 11 is 0. The van der Waals surface area contributed by atoms with Crippen LogP contribution in [-0.2, 0) is 24.2 Å². The first-order valence-corrected chi connectivity index (χ1v) is 10.2. The van der Waals surface area contributed by atoms with Gasteiger partial charge in [-0.2, -0.15) is 0 Å². The molecule has 154 valence electrons. The number of halogens is 1. The Hall–Kier alpha value is -3.80. The number of hydrogen-bond acceptors (Lipinski definition) is 3. The highest BCUT2D eigenvalue weighted by molar-refractivity contribution is 6.16. The van der Waals surface area contributed by atoms with Crippen LogP contribution in [0, 0.1) is 5.82 Å². The topological polar surface area (TPSA) is 64.0 Å². The molecule has 0 spiro atoms. The summed E-state index contributed by atoms with van der Waals surface area (Å²) in [6.07, 6.45) is 6.59. The molecule has 1 aliphatic carbocycles. The number of rotatable bonds is 5. The molecule has 0 unspecified atom stereocenters. The maximum atomic E-state index is 13.2. The lowest BCUT2D eigenvalue weighted by atomic mass is 10.0. The maximum Gasteiger partial charge on any atom is 0.240 e. The summed E-state index contributed by atoms with van der Waals surface area (Å²) in [6.45, 7) is 0.0890. The van der Waals surface area contributed by atoms with Gasteiger partial charge >= 0.3 is 0 Å². The van der Waals surface area contributed by atoms with E-state index in [0.29, 0.717) is 22.0 Å². The lowest BCUT2D eigenvalue weighted by molar-refractivity contribution is -0.122. The van der Waals surface area contributed by atoms with Crippen LogP contribution in [0.5, 0.6) is 0 Å². The molecule has 2 heterocycles. The number of pyridine rings is 1. The second-order valence-electron chi connectivity index (χ2n) is 7.84. The first kappa shape index (κ1) is 19.2. The Morgan fingerprint density at radius 3 is 2.45 bits per heavy atom. The monoisotopic (exact) mass is 413 g/mol. The molecule has 4 aromatic rings. The highest BCUT2D eigenvalue weighted by atomic mass is 19.1. The Morgan fingerprint density at radius 2 is 1.74 bits per heavy atom. The average Bonchev–Trinajstić information content (AvgIpc) is 3.35. The smallest absolute Gasteiger partial charge is 0.240 e. The quantitative estimate of drug-likeness (QED) is 0.508. The predicted octanol–water partition coefficient (Wildman–Crippen LogP) is 3.69. The van der Waals surface area contributed by atoms with Crippen molar-refractivity contribution in [1.29, 1.82) is 0 Å². The van der Waals surface area contributed by atoms with Gasteiger partial charge in [0, 0.05) is 34.9 Å². The van der Waals surface area contributed by atoms with Gasteiger partial charge in [-0.15, -0.1) is 0 Å². The van der Waals surface area contributed by atoms with E-state index in [4.69, 9.17) is 0 Å². The molecule has 6 heteroatoms. The summed E-state index contributed by atoms with van der Waals surface area (Å²) in [5.41, 5.74) is 4.11. The molecule has 2 aromatic carbocycles. The summed E-state index contributed by atoms with van der Waals surface area (Å²) < 4.78 is 15.0. The fourth-order valence-electron chi connectivity index (χ4n) is 4.30. The first-order chi connectivity index (χ1) is 15.1. The molecule has 5 rings (SSSR count). The molecule has 0 saturated carbocycles. The Labute approximate surface area is 178 Å². The zero-order valence-corrected chi connectivity index (χ0v) is 16.7. The van der Waals surface area contributed by atoms with Gasteiger partial charge in [-0.05, 0) is 54.3 Å². The third-order valence-corrected chi connectivity index (χ3v) is 5.77. The fraction of sp³-hybridized carbons (Fsp3) is 0.160. The molecule has 0 saturated heterocycles. The van der Waals surface area contributed by atoms with E-state index in [2.05, 4.69) is 22.4 Å². The number of nitrogens with zero attached hydrogens (tertiary/aromatic N) is 2. The fourth-order valence-corrected chi connectivity index (χ4v) is 4.30. The van der Waals surface area contributed by atoms with Crippen LogP contribution in [0.25, 0.3) is 10.9 Å². The minimum Gasteiger partial charge on any atom is -0.351 e. The second-order valence-corrected chi connectivity index (χ2v) is 7.84. The van der Waals surface area contributed by atoms with E-state index < -0.39 is 5.82 Å². The lowest BCUT2D eigenvalue weighted by Gasteiger charge is -2.13. The summed E-state index contributed by atoms with van der Waals surface area (Å²) in [6, 6.07) is 15.5. The van der Waals surface area contributed by atoms with Crippen LogP contribution in [0.15, 0.2) is 73.2 Å². The molecule has 31 heavy (non-hydrogen) atoms. The molecule has 2 aromatic heterocycles. The number of aromatic nitrogens is 2. The number of carbonyl (C=O) groups is 2. The molecule has 0 aliphatic heterocycles. The van der Waals surface area contributed by atoms with Crippen molar-refractivity contribution in [3.8, 4) is 0 Å². The summed E-state index contributed by atoms with van der Waals surface area (Å²) in [7, 11) is 0. The summed E-state index contributed by atoms with van der Waals surface area (Å²) in [5, 5.41) is 3.82. The average molecular weight is 413 g/mol. The van der Waals surface area contributed by atoms with Gasteiger partial charge in [-0.1, -0.05) is 24.3 Å². The lowest BCUT2D eigenvalue weighted by Crippen LogP contribution is -2.37. The van der Waals surface area contributed by atoms with Crippen molar-refractivity contribution >= 4 is 22.6 Å². The third kappa shape index (κ3) is 3.72.